The van der Waals surface area contributed by atoms with Crippen LogP contribution >= 0.6 is 0 Å². The molecule has 1 aliphatic rings. The van der Waals surface area contributed by atoms with Crippen LogP contribution in [-0.4, -0.2) is 25.0 Å². The van der Waals surface area contributed by atoms with E-state index in [1.807, 2.05) is 25.2 Å². The highest BCUT2D eigenvalue weighted by atomic mass is 16.1. The first-order valence-corrected chi connectivity index (χ1v) is 8.63. The second-order valence-electron chi connectivity index (χ2n) is 6.72. The summed E-state index contributed by atoms with van der Waals surface area (Å²) in [6.45, 7) is 0. The van der Waals surface area contributed by atoms with Crippen molar-refractivity contribution < 1.29 is 0 Å². The Labute approximate surface area is 149 Å². The number of hydrogen-bond donors (Lipinski definition) is 1. The average molecular weight is 343 g/mol. The summed E-state index contributed by atoms with van der Waals surface area (Å²) in [7, 11) is 1.90. The summed E-state index contributed by atoms with van der Waals surface area (Å²) < 4.78 is 1.80. The van der Waals surface area contributed by atoms with E-state index in [-0.39, 0.29) is 17.4 Å². The van der Waals surface area contributed by atoms with Crippen molar-refractivity contribution in [3.05, 3.63) is 87.9 Å². The van der Waals surface area contributed by atoms with Gasteiger partial charge in [0.15, 0.2) is 0 Å². The zero-order valence-corrected chi connectivity index (χ0v) is 14.3. The number of rotatable bonds is 2. The Hall–Kier alpha value is -3.28. The van der Waals surface area contributed by atoms with Gasteiger partial charge in [-0.2, -0.15) is 10.2 Å². The maximum atomic E-state index is 12.3. The largest absolute Gasteiger partial charge is 0.272 e. The molecule has 1 N–H and O–H groups in total. The third-order valence-electron chi connectivity index (χ3n) is 5.32. The predicted molar refractivity (Wildman–Crippen MR) is 98.1 cm³/mol. The molecule has 0 amide bonds. The summed E-state index contributed by atoms with van der Waals surface area (Å²) in [4.78, 5) is 16.8. The Bertz CT molecular complexity index is 1160. The number of aryl methyl sites for hydroxylation is 1. The second-order valence-corrected chi connectivity index (χ2v) is 6.72. The first-order chi connectivity index (χ1) is 12.7. The van der Waals surface area contributed by atoms with E-state index in [0.29, 0.717) is 5.39 Å². The molecule has 2 unspecified atom stereocenters. The van der Waals surface area contributed by atoms with Crippen molar-refractivity contribution in [2.45, 2.75) is 18.3 Å². The number of aromatic amines is 1. The molecule has 26 heavy (non-hydrogen) atoms. The van der Waals surface area contributed by atoms with Gasteiger partial charge in [0.25, 0.3) is 5.56 Å². The number of nitrogens with one attached hydrogen (secondary N) is 1. The number of H-pyrrole nitrogens is 1. The fourth-order valence-corrected chi connectivity index (χ4v) is 4.16. The van der Waals surface area contributed by atoms with E-state index in [4.69, 9.17) is 0 Å². The Balaban J connectivity index is 1.83. The molecule has 6 heteroatoms. The minimum atomic E-state index is -0.152. The Morgan fingerprint density at radius 2 is 1.96 bits per heavy atom. The normalized spacial score (nSPS) is 19.0. The third kappa shape index (κ3) is 2.12. The Morgan fingerprint density at radius 3 is 2.73 bits per heavy atom. The first-order valence-electron chi connectivity index (χ1n) is 8.63. The lowest BCUT2D eigenvalue weighted by molar-refractivity contribution is 0.522. The number of benzene rings is 2. The third-order valence-corrected chi connectivity index (χ3v) is 5.32. The molecule has 6 nitrogen and oxygen atoms in total. The van der Waals surface area contributed by atoms with E-state index in [0.717, 1.165) is 28.9 Å². The van der Waals surface area contributed by atoms with Crippen molar-refractivity contribution in [1.82, 2.24) is 25.0 Å². The fraction of sp³-hybridized carbons (Fsp3) is 0.200. The van der Waals surface area contributed by atoms with Crippen LogP contribution in [0.2, 0.25) is 0 Å². The quantitative estimate of drug-likeness (QED) is 0.607. The molecule has 4 aromatic rings. The van der Waals surface area contributed by atoms with Gasteiger partial charge in [-0.3, -0.25) is 9.48 Å². The number of aromatic nitrogens is 5. The summed E-state index contributed by atoms with van der Waals surface area (Å²) >= 11 is 0. The van der Waals surface area contributed by atoms with Gasteiger partial charge in [-0.05, 0) is 23.6 Å². The van der Waals surface area contributed by atoms with Crippen molar-refractivity contribution in [1.29, 1.82) is 0 Å². The maximum absolute atomic E-state index is 12.3. The van der Waals surface area contributed by atoms with Crippen LogP contribution in [0.3, 0.4) is 0 Å². The molecule has 0 radical (unpaired) electrons. The van der Waals surface area contributed by atoms with Gasteiger partial charge in [-0.1, -0.05) is 42.5 Å². The van der Waals surface area contributed by atoms with Gasteiger partial charge in [-0.25, -0.2) is 10.1 Å². The lowest BCUT2D eigenvalue weighted by Gasteiger charge is -2.32. The van der Waals surface area contributed by atoms with Crippen molar-refractivity contribution in [3.63, 3.8) is 0 Å². The van der Waals surface area contributed by atoms with E-state index in [2.05, 4.69) is 50.6 Å². The van der Waals surface area contributed by atoms with Crippen LogP contribution in [0, 0.1) is 0 Å². The van der Waals surface area contributed by atoms with Crippen LogP contribution in [0.4, 0.5) is 0 Å². The van der Waals surface area contributed by atoms with Gasteiger partial charge in [0.05, 0.1) is 17.0 Å². The maximum Gasteiger partial charge on any atom is 0.272 e. The molecule has 128 valence electrons. The zero-order valence-electron chi connectivity index (χ0n) is 14.3. The van der Waals surface area contributed by atoms with Gasteiger partial charge in [0.2, 0.25) is 0 Å². The van der Waals surface area contributed by atoms with Crippen LogP contribution in [0.15, 0.2) is 59.7 Å². The zero-order chi connectivity index (χ0) is 17.7. The Morgan fingerprint density at radius 1 is 1.12 bits per heavy atom. The van der Waals surface area contributed by atoms with Crippen LogP contribution in [0.1, 0.15) is 34.5 Å². The molecule has 2 aromatic carbocycles. The van der Waals surface area contributed by atoms with Crippen LogP contribution in [0.25, 0.3) is 10.8 Å². The molecule has 0 aliphatic heterocycles. The minimum absolute atomic E-state index is 0.0702. The summed E-state index contributed by atoms with van der Waals surface area (Å²) in [5.41, 5.74) is 3.10. The summed E-state index contributed by atoms with van der Waals surface area (Å²) in [6.07, 6.45) is 2.40. The standard InChI is InChI=1S/C20H17N5O/c1-25-19(21-11-22-25)17-15(12-6-3-2-4-7-12)10-13-8-5-9-14-16(13)18(17)23-24-20(14)26/h2-9,11,15,17H,10H2,1H3,(H,24,26). The number of nitrogens with zero attached hydrogens (tertiary/aromatic N) is 4. The van der Waals surface area contributed by atoms with Crippen molar-refractivity contribution in [2.75, 3.05) is 0 Å². The summed E-state index contributed by atoms with van der Waals surface area (Å²) in [5.74, 6) is 0.962. The SMILES string of the molecule is Cn1ncnc1C1c2n[nH]c(=O)c3cccc(c23)CC1c1ccccc1. The van der Waals surface area contributed by atoms with Gasteiger partial charge in [0, 0.05) is 18.4 Å². The molecule has 0 saturated heterocycles. The highest BCUT2D eigenvalue weighted by Gasteiger charge is 2.37. The smallest absolute Gasteiger partial charge is 0.267 e. The molecule has 2 atom stereocenters. The van der Waals surface area contributed by atoms with Crippen molar-refractivity contribution in [2.24, 2.45) is 7.05 Å². The van der Waals surface area contributed by atoms with Gasteiger partial charge in [0.1, 0.15) is 12.2 Å². The topological polar surface area (TPSA) is 76.5 Å². The second kappa shape index (κ2) is 5.62. The molecular weight excluding hydrogens is 326 g/mol. The van der Waals surface area contributed by atoms with E-state index in [9.17, 15) is 4.79 Å². The van der Waals surface area contributed by atoms with E-state index < -0.39 is 0 Å². The fourth-order valence-electron chi connectivity index (χ4n) is 4.16. The highest BCUT2D eigenvalue weighted by molar-refractivity contribution is 5.88. The lowest BCUT2D eigenvalue weighted by Crippen LogP contribution is -2.26. The lowest BCUT2D eigenvalue weighted by atomic mass is 9.73. The molecule has 0 saturated carbocycles. The van der Waals surface area contributed by atoms with E-state index in [1.54, 1.807) is 11.0 Å². The van der Waals surface area contributed by atoms with Crippen LogP contribution < -0.4 is 5.56 Å². The summed E-state index contributed by atoms with van der Waals surface area (Å²) in [6, 6.07) is 16.3. The molecule has 0 spiro atoms. The molecule has 0 fully saturated rings. The average Bonchev–Trinajstić information content (AvgIpc) is 3.10. The monoisotopic (exact) mass is 343 g/mol. The molecule has 5 rings (SSSR count). The minimum Gasteiger partial charge on any atom is -0.267 e. The van der Waals surface area contributed by atoms with Crippen molar-refractivity contribution >= 4 is 10.8 Å². The molecular formula is C20H17N5O. The highest BCUT2D eigenvalue weighted by Crippen LogP contribution is 2.45. The van der Waals surface area contributed by atoms with Gasteiger partial charge < -0.3 is 0 Å². The number of hydrogen-bond acceptors (Lipinski definition) is 4. The molecule has 1 aliphatic carbocycles. The molecule has 2 heterocycles. The van der Waals surface area contributed by atoms with Gasteiger partial charge >= 0.3 is 0 Å². The molecule has 2 aromatic heterocycles. The summed E-state index contributed by atoms with van der Waals surface area (Å²) in [5, 5.41) is 13.1. The van der Waals surface area contributed by atoms with E-state index >= 15 is 0 Å². The van der Waals surface area contributed by atoms with Gasteiger partial charge in [-0.15, -0.1) is 0 Å². The van der Waals surface area contributed by atoms with Crippen LogP contribution in [-0.2, 0) is 13.5 Å². The Kier molecular flexibility index (Phi) is 3.25. The predicted octanol–water partition coefficient (Wildman–Crippen LogP) is 2.52. The van der Waals surface area contributed by atoms with Crippen molar-refractivity contribution in [3.8, 4) is 0 Å². The van der Waals surface area contributed by atoms with E-state index in [1.165, 1.54) is 5.56 Å². The first kappa shape index (κ1) is 15.0. The molecule has 0 bridgehead atoms. The van der Waals surface area contributed by atoms with Crippen LogP contribution in [0.5, 0.6) is 0 Å².